The smallest absolute Gasteiger partial charge is 0.0625 e. The average molecular weight is 237 g/mol. The molecule has 17 heavy (non-hydrogen) atoms. The third-order valence-electron chi connectivity index (χ3n) is 3.79. The minimum absolute atomic E-state index is 0.451. The molecule has 0 amide bonds. The van der Waals surface area contributed by atoms with Crippen LogP contribution in [-0.4, -0.2) is 22.9 Å². The van der Waals surface area contributed by atoms with Crippen LogP contribution in [0.5, 0.6) is 0 Å². The molecule has 0 aliphatic carbocycles. The Kier molecular flexibility index (Phi) is 5.19. The Labute approximate surface area is 106 Å². The van der Waals surface area contributed by atoms with Crippen molar-refractivity contribution in [2.75, 3.05) is 13.1 Å². The summed E-state index contributed by atoms with van der Waals surface area (Å²) in [5.41, 5.74) is 3.78. The van der Waals surface area contributed by atoms with E-state index >= 15 is 0 Å². The first-order chi connectivity index (χ1) is 7.99. The zero-order valence-electron chi connectivity index (χ0n) is 12.2. The molecular formula is C14H27N3. The number of hydrogen-bond donors (Lipinski definition) is 1. The van der Waals surface area contributed by atoms with Crippen molar-refractivity contribution < 1.29 is 0 Å². The molecule has 0 saturated heterocycles. The second-order valence-corrected chi connectivity index (χ2v) is 5.16. The Hall–Kier alpha value is -0.830. The third-order valence-corrected chi connectivity index (χ3v) is 3.79. The van der Waals surface area contributed by atoms with Crippen LogP contribution in [0.1, 0.15) is 50.2 Å². The lowest BCUT2D eigenvalue weighted by Crippen LogP contribution is -2.28. The Morgan fingerprint density at radius 3 is 2.35 bits per heavy atom. The van der Waals surface area contributed by atoms with Crippen LogP contribution in [-0.2, 0) is 0 Å². The van der Waals surface area contributed by atoms with E-state index in [4.69, 9.17) is 0 Å². The zero-order valence-corrected chi connectivity index (χ0v) is 12.2. The number of aromatic nitrogens is 2. The van der Waals surface area contributed by atoms with Crippen LogP contribution in [0.2, 0.25) is 0 Å². The molecule has 2 atom stereocenters. The molecule has 0 radical (unpaired) electrons. The van der Waals surface area contributed by atoms with Gasteiger partial charge in [-0.3, -0.25) is 4.68 Å². The van der Waals surface area contributed by atoms with Gasteiger partial charge in [0.2, 0.25) is 0 Å². The summed E-state index contributed by atoms with van der Waals surface area (Å²) in [5.74, 6) is 0.596. The van der Waals surface area contributed by atoms with Crippen LogP contribution in [0.25, 0.3) is 0 Å². The summed E-state index contributed by atoms with van der Waals surface area (Å²) in [6, 6.07) is 0.451. The average Bonchev–Trinajstić information content (AvgIpc) is 2.56. The van der Waals surface area contributed by atoms with E-state index in [1.54, 1.807) is 0 Å². The van der Waals surface area contributed by atoms with Crippen LogP contribution in [0, 0.1) is 26.7 Å². The summed E-state index contributed by atoms with van der Waals surface area (Å²) in [7, 11) is 0. The van der Waals surface area contributed by atoms with Gasteiger partial charge in [-0.1, -0.05) is 13.8 Å². The van der Waals surface area contributed by atoms with Gasteiger partial charge in [-0.25, -0.2) is 0 Å². The molecule has 3 nitrogen and oxygen atoms in total. The fourth-order valence-corrected chi connectivity index (χ4v) is 2.06. The van der Waals surface area contributed by atoms with Gasteiger partial charge in [-0.15, -0.1) is 0 Å². The van der Waals surface area contributed by atoms with E-state index < -0.39 is 0 Å². The van der Waals surface area contributed by atoms with E-state index in [1.807, 2.05) is 0 Å². The molecule has 0 saturated carbocycles. The summed E-state index contributed by atoms with van der Waals surface area (Å²) in [6.07, 6.45) is 1.19. The first-order valence-corrected chi connectivity index (χ1v) is 6.72. The van der Waals surface area contributed by atoms with Crippen molar-refractivity contribution in [3.05, 3.63) is 17.0 Å². The normalized spacial score (nSPS) is 14.9. The van der Waals surface area contributed by atoms with Crippen LogP contribution in [0.4, 0.5) is 0 Å². The molecule has 3 heteroatoms. The molecule has 0 aliphatic rings. The summed E-state index contributed by atoms with van der Waals surface area (Å²) < 4.78 is 2.18. The van der Waals surface area contributed by atoms with Crippen molar-refractivity contribution in [1.29, 1.82) is 0 Å². The standard InChI is InChI=1S/C14H27N3/c1-7-8-15-9-10(2)13(5)17-14(6)11(3)12(4)16-17/h10,13,15H,7-9H2,1-6H3. The maximum absolute atomic E-state index is 4.65. The molecule has 0 bridgehead atoms. The van der Waals surface area contributed by atoms with E-state index in [0.29, 0.717) is 12.0 Å². The van der Waals surface area contributed by atoms with Gasteiger partial charge >= 0.3 is 0 Å². The van der Waals surface area contributed by atoms with E-state index in [0.717, 1.165) is 18.8 Å². The molecule has 0 aliphatic heterocycles. The number of hydrogen-bond acceptors (Lipinski definition) is 2. The molecule has 1 rings (SSSR count). The quantitative estimate of drug-likeness (QED) is 0.771. The van der Waals surface area contributed by atoms with Gasteiger partial charge < -0.3 is 5.32 Å². The van der Waals surface area contributed by atoms with Crippen LogP contribution in [0.15, 0.2) is 0 Å². The van der Waals surface area contributed by atoms with Gasteiger partial charge in [0.25, 0.3) is 0 Å². The topological polar surface area (TPSA) is 29.9 Å². The van der Waals surface area contributed by atoms with Crippen molar-refractivity contribution in [2.45, 2.75) is 54.0 Å². The molecule has 0 fully saturated rings. The van der Waals surface area contributed by atoms with E-state index in [-0.39, 0.29) is 0 Å². The van der Waals surface area contributed by atoms with E-state index in [9.17, 15) is 0 Å². The molecule has 98 valence electrons. The van der Waals surface area contributed by atoms with Crippen molar-refractivity contribution in [2.24, 2.45) is 5.92 Å². The highest BCUT2D eigenvalue weighted by Gasteiger charge is 2.18. The van der Waals surface area contributed by atoms with E-state index in [2.05, 4.69) is 56.6 Å². The van der Waals surface area contributed by atoms with Crippen LogP contribution < -0.4 is 5.32 Å². The van der Waals surface area contributed by atoms with Gasteiger partial charge in [0.15, 0.2) is 0 Å². The molecule has 2 unspecified atom stereocenters. The summed E-state index contributed by atoms with van der Waals surface area (Å²) in [4.78, 5) is 0. The van der Waals surface area contributed by atoms with Gasteiger partial charge in [-0.2, -0.15) is 5.10 Å². The Bertz CT molecular complexity index is 355. The monoisotopic (exact) mass is 237 g/mol. The first-order valence-electron chi connectivity index (χ1n) is 6.72. The Morgan fingerprint density at radius 1 is 1.24 bits per heavy atom. The fraction of sp³-hybridized carbons (Fsp3) is 0.786. The fourth-order valence-electron chi connectivity index (χ4n) is 2.06. The molecule has 1 aromatic rings. The Balaban J connectivity index is 2.68. The van der Waals surface area contributed by atoms with Gasteiger partial charge in [-0.05, 0) is 58.7 Å². The highest BCUT2D eigenvalue weighted by atomic mass is 15.3. The number of rotatable bonds is 6. The maximum Gasteiger partial charge on any atom is 0.0625 e. The van der Waals surface area contributed by atoms with Gasteiger partial charge in [0, 0.05) is 5.69 Å². The molecular weight excluding hydrogens is 210 g/mol. The summed E-state index contributed by atoms with van der Waals surface area (Å²) in [5, 5.41) is 8.13. The highest BCUT2D eigenvalue weighted by molar-refractivity contribution is 5.22. The minimum Gasteiger partial charge on any atom is -0.316 e. The lowest BCUT2D eigenvalue weighted by molar-refractivity contribution is 0.332. The van der Waals surface area contributed by atoms with Crippen molar-refractivity contribution >= 4 is 0 Å². The lowest BCUT2D eigenvalue weighted by Gasteiger charge is -2.22. The van der Waals surface area contributed by atoms with Crippen LogP contribution >= 0.6 is 0 Å². The SMILES string of the molecule is CCCNCC(C)C(C)n1nc(C)c(C)c1C. The molecule has 0 aromatic carbocycles. The zero-order chi connectivity index (χ0) is 13.0. The highest BCUT2D eigenvalue weighted by Crippen LogP contribution is 2.21. The Morgan fingerprint density at radius 2 is 1.88 bits per heavy atom. The number of aryl methyl sites for hydroxylation is 1. The van der Waals surface area contributed by atoms with Crippen molar-refractivity contribution in [3.8, 4) is 0 Å². The van der Waals surface area contributed by atoms with Crippen LogP contribution in [0.3, 0.4) is 0 Å². The van der Waals surface area contributed by atoms with E-state index in [1.165, 1.54) is 17.7 Å². The maximum atomic E-state index is 4.65. The van der Waals surface area contributed by atoms with Crippen molar-refractivity contribution in [3.63, 3.8) is 0 Å². The van der Waals surface area contributed by atoms with Gasteiger partial charge in [0.1, 0.15) is 0 Å². The second-order valence-electron chi connectivity index (χ2n) is 5.16. The third kappa shape index (κ3) is 3.32. The number of nitrogens with one attached hydrogen (secondary N) is 1. The minimum atomic E-state index is 0.451. The molecule has 1 aromatic heterocycles. The first kappa shape index (κ1) is 14.2. The predicted molar refractivity (Wildman–Crippen MR) is 73.5 cm³/mol. The molecule has 1 heterocycles. The number of nitrogens with zero attached hydrogens (tertiary/aromatic N) is 2. The van der Waals surface area contributed by atoms with Gasteiger partial charge in [0.05, 0.1) is 11.7 Å². The van der Waals surface area contributed by atoms with Crippen molar-refractivity contribution in [1.82, 2.24) is 15.1 Å². The molecule has 1 N–H and O–H groups in total. The lowest BCUT2D eigenvalue weighted by atomic mass is 10.0. The summed E-state index contributed by atoms with van der Waals surface area (Å²) >= 11 is 0. The molecule has 0 spiro atoms. The largest absolute Gasteiger partial charge is 0.316 e. The predicted octanol–water partition coefficient (Wildman–Crippen LogP) is 3.01. The summed E-state index contributed by atoms with van der Waals surface area (Å²) in [6.45, 7) is 15.3. The second kappa shape index (κ2) is 6.20.